The van der Waals surface area contributed by atoms with Gasteiger partial charge in [0.25, 0.3) is 5.79 Å². The Labute approximate surface area is 282 Å². The standard InChI is InChI=1S/C35H36ClFN4O7/c1-35(23-8-7-21(36)15-24(23)37)47-29-6-4-5-25(33(29)48-35)40-11-10-39(27-18-45-19-28(27)40)17-31-38-32-26(41(31)16-22-9-12-46-22)13-20(34(42)44-3)14-30(32)43-2/h4-8,13-15,22,27-28H,9-12,16-19H2,1-3H3/t22-,27+,28-,35+/m0/s1. The molecular weight excluding hydrogens is 643 g/mol. The average Bonchev–Trinajstić information content (AvgIpc) is 3.77. The molecule has 0 amide bonds. The number of hydrogen-bond acceptors (Lipinski definition) is 10. The molecule has 4 aliphatic heterocycles. The SMILES string of the molecule is COC(=O)c1cc(OC)c2nc(CN3CCN(c4cccc5c4O[C@](C)(c4ccc(Cl)cc4F)O5)[C@H]4COC[C@H]43)n(C[C@@H]3CCO3)c2c1. The number of piperazine rings is 1. The van der Waals surface area contributed by atoms with Gasteiger partial charge in [0.15, 0.2) is 11.5 Å². The Morgan fingerprint density at radius 2 is 1.94 bits per heavy atom. The van der Waals surface area contributed by atoms with Gasteiger partial charge < -0.3 is 37.9 Å². The molecule has 4 aromatic rings. The van der Waals surface area contributed by atoms with Crippen molar-refractivity contribution in [2.24, 2.45) is 0 Å². The number of aromatic nitrogens is 2. The maximum absolute atomic E-state index is 15.0. The van der Waals surface area contributed by atoms with Crippen LogP contribution in [0.2, 0.25) is 5.02 Å². The van der Waals surface area contributed by atoms with Gasteiger partial charge in [-0.3, -0.25) is 4.90 Å². The molecule has 48 heavy (non-hydrogen) atoms. The van der Waals surface area contributed by atoms with Crippen molar-refractivity contribution in [3.63, 3.8) is 0 Å². The molecule has 4 aliphatic rings. The minimum absolute atomic E-state index is 0.0289. The Bertz CT molecular complexity index is 1900. The summed E-state index contributed by atoms with van der Waals surface area (Å²) in [5, 5.41) is 0.304. The summed E-state index contributed by atoms with van der Waals surface area (Å²) in [4.78, 5) is 22.3. The number of rotatable bonds is 8. The van der Waals surface area contributed by atoms with Gasteiger partial charge >= 0.3 is 5.97 Å². The Morgan fingerprint density at radius 3 is 2.69 bits per heavy atom. The minimum Gasteiger partial charge on any atom is -0.494 e. The van der Waals surface area contributed by atoms with Crippen molar-refractivity contribution in [2.45, 2.75) is 50.4 Å². The van der Waals surface area contributed by atoms with Crippen molar-refractivity contribution >= 4 is 34.3 Å². The van der Waals surface area contributed by atoms with Gasteiger partial charge in [-0.05, 0) is 48.9 Å². The first-order valence-electron chi connectivity index (χ1n) is 16.1. The Hall–Kier alpha value is -4.10. The van der Waals surface area contributed by atoms with E-state index < -0.39 is 17.6 Å². The molecule has 3 aromatic carbocycles. The van der Waals surface area contributed by atoms with Crippen LogP contribution in [-0.4, -0.2) is 85.7 Å². The molecule has 0 radical (unpaired) electrons. The average molecular weight is 679 g/mol. The normalized spacial score (nSPS) is 24.9. The third kappa shape index (κ3) is 5.22. The number of carbonyl (C=O) groups excluding carboxylic acids is 1. The summed E-state index contributed by atoms with van der Waals surface area (Å²) < 4.78 is 52.5. The first kappa shape index (κ1) is 31.2. The van der Waals surface area contributed by atoms with Gasteiger partial charge in [0.05, 0.1) is 81.0 Å². The van der Waals surface area contributed by atoms with E-state index in [1.165, 1.54) is 13.2 Å². The number of fused-ring (bicyclic) bond motifs is 3. The van der Waals surface area contributed by atoms with Gasteiger partial charge in [0.2, 0.25) is 0 Å². The number of hydrogen-bond donors (Lipinski definition) is 0. The fourth-order valence-corrected chi connectivity index (χ4v) is 7.48. The maximum Gasteiger partial charge on any atom is 0.338 e. The lowest BCUT2D eigenvalue weighted by molar-refractivity contribution is -0.0705. The van der Waals surface area contributed by atoms with Gasteiger partial charge in [0.1, 0.15) is 22.9 Å². The number of imidazole rings is 1. The first-order valence-corrected chi connectivity index (χ1v) is 16.5. The molecule has 5 heterocycles. The summed E-state index contributed by atoms with van der Waals surface area (Å²) in [5.41, 5.74) is 3.04. The highest BCUT2D eigenvalue weighted by Crippen LogP contribution is 2.51. The number of anilines is 1. The molecule has 0 unspecified atom stereocenters. The Balaban J connectivity index is 1.09. The van der Waals surface area contributed by atoms with E-state index in [1.807, 2.05) is 24.3 Å². The van der Waals surface area contributed by atoms with Crippen molar-refractivity contribution in [3.8, 4) is 17.2 Å². The number of benzene rings is 3. The second kappa shape index (κ2) is 12.1. The zero-order valence-corrected chi connectivity index (χ0v) is 27.7. The topological polar surface area (TPSA) is 96.8 Å². The van der Waals surface area contributed by atoms with Gasteiger partial charge in [-0.1, -0.05) is 17.7 Å². The van der Waals surface area contributed by atoms with Crippen LogP contribution in [0.3, 0.4) is 0 Å². The van der Waals surface area contributed by atoms with Crippen LogP contribution in [0.4, 0.5) is 10.1 Å². The summed E-state index contributed by atoms with van der Waals surface area (Å²) in [5.74, 6) is 0.216. The molecule has 0 N–H and O–H groups in total. The zero-order chi connectivity index (χ0) is 33.2. The van der Waals surface area contributed by atoms with Gasteiger partial charge in [0, 0.05) is 31.6 Å². The smallest absolute Gasteiger partial charge is 0.338 e. The summed E-state index contributed by atoms with van der Waals surface area (Å²) in [6.07, 6.45) is 1.03. The summed E-state index contributed by atoms with van der Waals surface area (Å²) in [7, 11) is 2.94. The van der Waals surface area contributed by atoms with Crippen LogP contribution in [0.25, 0.3) is 11.0 Å². The second-order valence-electron chi connectivity index (χ2n) is 12.7. The monoisotopic (exact) mass is 678 g/mol. The van der Waals surface area contributed by atoms with Gasteiger partial charge in [-0.2, -0.15) is 0 Å². The molecule has 0 bridgehead atoms. The van der Waals surface area contributed by atoms with Crippen LogP contribution in [0.1, 0.15) is 35.1 Å². The number of ether oxygens (including phenoxy) is 6. The lowest BCUT2D eigenvalue weighted by Gasteiger charge is -2.44. The molecule has 4 atom stereocenters. The molecule has 0 aliphatic carbocycles. The number of carbonyl (C=O) groups is 1. The highest BCUT2D eigenvalue weighted by molar-refractivity contribution is 6.30. The fraction of sp³-hybridized carbons (Fsp3) is 0.429. The van der Waals surface area contributed by atoms with Crippen molar-refractivity contribution in [1.29, 1.82) is 0 Å². The summed E-state index contributed by atoms with van der Waals surface area (Å²) in [6.45, 7) is 6.15. The summed E-state index contributed by atoms with van der Waals surface area (Å²) in [6, 6.07) is 13.9. The lowest BCUT2D eigenvalue weighted by Crippen LogP contribution is -2.59. The van der Waals surface area contributed by atoms with E-state index in [2.05, 4.69) is 14.4 Å². The number of esters is 1. The van der Waals surface area contributed by atoms with Crippen LogP contribution >= 0.6 is 11.6 Å². The molecule has 252 valence electrons. The van der Waals surface area contributed by atoms with Gasteiger partial charge in [-0.25, -0.2) is 14.2 Å². The molecular formula is C35H36ClFN4O7. The molecule has 0 spiro atoms. The number of methoxy groups -OCH3 is 2. The molecule has 8 rings (SSSR count). The Morgan fingerprint density at radius 1 is 1.10 bits per heavy atom. The van der Waals surface area contributed by atoms with E-state index >= 15 is 4.39 Å². The van der Waals surface area contributed by atoms with Crippen molar-refractivity contribution in [3.05, 3.63) is 76.3 Å². The zero-order valence-electron chi connectivity index (χ0n) is 26.9. The number of para-hydroxylation sites is 1. The number of nitrogens with zero attached hydrogens (tertiary/aromatic N) is 4. The van der Waals surface area contributed by atoms with Gasteiger partial charge in [-0.15, -0.1) is 0 Å². The van der Waals surface area contributed by atoms with Crippen LogP contribution in [-0.2, 0) is 33.1 Å². The largest absolute Gasteiger partial charge is 0.494 e. The second-order valence-corrected chi connectivity index (χ2v) is 13.1. The van der Waals surface area contributed by atoms with E-state index in [-0.39, 0.29) is 23.8 Å². The third-order valence-electron chi connectivity index (χ3n) is 9.87. The molecule has 3 saturated heterocycles. The van der Waals surface area contributed by atoms with Crippen molar-refractivity contribution < 1.29 is 37.6 Å². The Kier molecular flexibility index (Phi) is 7.86. The van der Waals surface area contributed by atoms with Crippen LogP contribution in [0.15, 0.2) is 48.5 Å². The molecule has 1 aromatic heterocycles. The first-order chi connectivity index (χ1) is 23.3. The quantitative estimate of drug-likeness (QED) is 0.233. The minimum atomic E-state index is -1.35. The molecule has 0 saturated carbocycles. The maximum atomic E-state index is 15.0. The molecule has 13 heteroatoms. The van der Waals surface area contributed by atoms with Crippen molar-refractivity contribution in [1.82, 2.24) is 14.5 Å². The van der Waals surface area contributed by atoms with Crippen LogP contribution < -0.4 is 19.1 Å². The van der Waals surface area contributed by atoms with E-state index in [4.69, 9.17) is 45.0 Å². The van der Waals surface area contributed by atoms with Crippen molar-refractivity contribution in [2.75, 3.05) is 52.0 Å². The highest BCUT2D eigenvalue weighted by atomic mass is 35.5. The van der Waals surface area contributed by atoms with Crippen LogP contribution in [0, 0.1) is 5.82 Å². The fourth-order valence-electron chi connectivity index (χ4n) is 7.32. The van der Waals surface area contributed by atoms with E-state index in [0.29, 0.717) is 66.2 Å². The molecule has 3 fully saturated rings. The predicted molar refractivity (Wildman–Crippen MR) is 175 cm³/mol. The third-order valence-corrected chi connectivity index (χ3v) is 10.1. The number of halogens is 2. The van der Waals surface area contributed by atoms with E-state index in [0.717, 1.165) is 36.6 Å². The highest BCUT2D eigenvalue weighted by Gasteiger charge is 2.46. The summed E-state index contributed by atoms with van der Waals surface area (Å²) >= 11 is 6.02. The lowest BCUT2D eigenvalue weighted by atomic mass is 10.0. The van der Waals surface area contributed by atoms with E-state index in [9.17, 15) is 4.79 Å². The molecule has 11 nitrogen and oxygen atoms in total. The van der Waals surface area contributed by atoms with E-state index in [1.54, 1.807) is 32.2 Å². The van der Waals surface area contributed by atoms with Crippen LogP contribution in [0.5, 0.6) is 17.2 Å². The predicted octanol–water partition coefficient (Wildman–Crippen LogP) is 5.15.